The summed E-state index contributed by atoms with van der Waals surface area (Å²) in [7, 11) is 1.50. The smallest absolute Gasteiger partial charge is 0.255 e. The molecule has 3 N–H and O–H groups in total. The molecule has 0 spiro atoms. The fourth-order valence-corrected chi connectivity index (χ4v) is 3.04. The summed E-state index contributed by atoms with van der Waals surface area (Å²) in [4.78, 5) is 25.8. The van der Waals surface area contributed by atoms with Crippen LogP contribution >= 0.6 is 0 Å². The number of amides is 2. The van der Waals surface area contributed by atoms with E-state index in [1.807, 2.05) is 4.90 Å². The van der Waals surface area contributed by atoms with Crippen LogP contribution in [-0.2, 0) is 4.79 Å². The van der Waals surface area contributed by atoms with Crippen molar-refractivity contribution in [2.45, 2.75) is 32.2 Å². The highest BCUT2D eigenvalue weighted by Crippen LogP contribution is 2.29. The number of ether oxygens (including phenoxy) is 2. The van der Waals surface area contributed by atoms with Crippen molar-refractivity contribution >= 4 is 11.8 Å². The van der Waals surface area contributed by atoms with E-state index in [9.17, 15) is 9.59 Å². The summed E-state index contributed by atoms with van der Waals surface area (Å²) in [5, 5.41) is 3.33. The molecular formula is C18H27N3O4. The number of hydrogen-bond acceptors (Lipinski definition) is 5. The second-order valence-electron chi connectivity index (χ2n) is 6.10. The molecule has 0 aliphatic carbocycles. The van der Waals surface area contributed by atoms with E-state index in [-0.39, 0.29) is 18.6 Å². The van der Waals surface area contributed by atoms with Crippen molar-refractivity contribution in [1.82, 2.24) is 10.2 Å². The largest absolute Gasteiger partial charge is 0.493 e. The van der Waals surface area contributed by atoms with Crippen LogP contribution in [0.5, 0.6) is 11.5 Å². The zero-order valence-corrected chi connectivity index (χ0v) is 14.9. The Bertz CT molecular complexity index is 600. The van der Waals surface area contributed by atoms with Crippen molar-refractivity contribution in [1.29, 1.82) is 0 Å². The Morgan fingerprint density at radius 3 is 2.60 bits per heavy atom. The monoisotopic (exact) mass is 349 g/mol. The highest BCUT2D eigenvalue weighted by molar-refractivity contribution is 5.95. The number of primary amides is 1. The van der Waals surface area contributed by atoms with Gasteiger partial charge in [0.1, 0.15) is 0 Å². The fourth-order valence-electron chi connectivity index (χ4n) is 3.04. The number of methoxy groups -OCH3 is 1. The summed E-state index contributed by atoms with van der Waals surface area (Å²) in [5.41, 5.74) is 5.65. The van der Waals surface area contributed by atoms with Gasteiger partial charge in [0.05, 0.1) is 7.11 Å². The Labute approximate surface area is 148 Å². The van der Waals surface area contributed by atoms with Crippen LogP contribution in [-0.4, -0.2) is 56.1 Å². The number of carbonyl (C=O) groups is 2. The Kier molecular flexibility index (Phi) is 7.06. The predicted octanol–water partition coefficient (Wildman–Crippen LogP) is 1.16. The van der Waals surface area contributed by atoms with Crippen LogP contribution in [0.2, 0.25) is 0 Å². The van der Waals surface area contributed by atoms with E-state index in [2.05, 4.69) is 12.2 Å². The molecule has 1 heterocycles. The number of hydrogen-bond donors (Lipinski definition) is 2. The first-order chi connectivity index (χ1) is 12.1. The molecule has 1 aliphatic rings. The Morgan fingerprint density at radius 1 is 1.28 bits per heavy atom. The third kappa shape index (κ3) is 5.09. The van der Waals surface area contributed by atoms with Gasteiger partial charge in [-0.2, -0.15) is 0 Å². The van der Waals surface area contributed by atoms with Crippen LogP contribution in [0.3, 0.4) is 0 Å². The van der Waals surface area contributed by atoms with E-state index in [4.69, 9.17) is 15.2 Å². The van der Waals surface area contributed by atoms with Gasteiger partial charge in [-0.1, -0.05) is 6.92 Å². The van der Waals surface area contributed by atoms with Crippen LogP contribution < -0.4 is 20.5 Å². The highest BCUT2D eigenvalue weighted by Gasteiger charge is 2.26. The van der Waals surface area contributed by atoms with Crippen LogP contribution in [0.15, 0.2) is 18.2 Å². The first-order valence-corrected chi connectivity index (χ1v) is 8.67. The number of nitrogens with zero attached hydrogens (tertiary/aromatic N) is 1. The summed E-state index contributed by atoms with van der Waals surface area (Å²) in [5.74, 6) is 0.228. The van der Waals surface area contributed by atoms with Crippen LogP contribution in [0.1, 0.15) is 36.5 Å². The van der Waals surface area contributed by atoms with E-state index < -0.39 is 5.91 Å². The lowest BCUT2D eigenvalue weighted by molar-refractivity contribution is -0.119. The number of benzene rings is 1. The molecule has 0 aromatic heterocycles. The number of rotatable bonds is 8. The van der Waals surface area contributed by atoms with Crippen LogP contribution in [0.4, 0.5) is 0 Å². The summed E-state index contributed by atoms with van der Waals surface area (Å²) in [6, 6.07) is 5.25. The van der Waals surface area contributed by atoms with Gasteiger partial charge in [0, 0.05) is 18.2 Å². The van der Waals surface area contributed by atoms with E-state index in [0.29, 0.717) is 17.1 Å². The summed E-state index contributed by atoms with van der Waals surface area (Å²) in [6.45, 7) is 4.43. The molecule has 1 saturated heterocycles. The Hall–Kier alpha value is -2.28. The normalized spacial score (nSPS) is 14.8. The van der Waals surface area contributed by atoms with Crippen molar-refractivity contribution in [3.63, 3.8) is 0 Å². The number of carbonyl (C=O) groups excluding carboxylic acids is 2. The topological polar surface area (TPSA) is 93.9 Å². The average molecular weight is 349 g/mol. The Balaban J connectivity index is 2.19. The Morgan fingerprint density at radius 2 is 2.00 bits per heavy atom. The van der Waals surface area contributed by atoms with Gasteiger partial charge in [-0.05, 0) is 50.6 Å². The van der Waals surface area contributed by atoms with Crippen molar-refractivity contribution in [3.05, 3.63) is 23.8 Å². The van der Waals surface area contributed by atoms with E-state index in [1.54, 1.807) is 18.2 Å². The molecule has 7 heteroatoms. The SMILES string of the molecule is CCCN(C(=O)c1ccc(OCC(N)=O)c(OC)c1)C1CCNCC1. The quantitative estimate of drug-likeness (QED) is 0.735. The molecule has 1 aromatic carbocycles. The van der Waals surface area contributed by atoms with Crippen molar-refractivity contribution in [3.8, 4) is 11.5 Å². The minimum atomic E-state index is -0.567. The van der Waals surface area contributed by atoms with E-state index >= 15 is 0 Å². The van der Waals surface area contributed by atoms with Gasteiger partial charge < -0.3 is 25.4 Å². The maximum Gasteiger partial charge on any atom is 0.255 e. The molecule has 2 rings (SSSR count). The lowest BCUT2D eigenvalue weighted by Gasteiger charge is -2.34. The predicted molar refractivity (Wildman–Crippen MR) is 94.9 cm³/mol. The lowest BCUT2D eigenvalue weighted by Crippen LogP contribution is -2.46. The third-order valence-corrected chi connectivity index (χ3v) is 4.26. The van der Waals surface area contributed by atoms with Crippen molar-refractivity contribution in [2.75, 3.05) is 33.4 Å². The van der Waals surface area contributed by atoms with Gasteiger partial charge in [0.2, 0.25) is 0 Å². The molecule has 0 bridgehead atoms. The second-order valence-corrected chi connectivity index (χ2v) is 6.10. The number of piperidine rings is 1. The molecule has 7 nitrogen and oxygen atoms in total. The fraction of sp³-hybridized carbons (Fsp3) is 0.556. The van der Waals surface area contributed by atoms with Gasteiger partial charge in [-0.3, -0.25) is 9.59 Å². The number of nitrogens with one attached hydrogen (secondary N) is 1. The summed E-state index contributed by atoms with van der Waals surface area (Å²) in [6.07, 6.45) is 2.83. The average Bonchev–Trinajstić information content (AvgIpc) is 2.64. The molecule has 1 aromatic rings. The highest BCUT2D eigenvalue weighted by atomic mass is 16.5. The van der Waals surface area contributed by atoms with Gasteiger partial charge in [0.15, 0.2) is 18.1 Å². The van der Waals surface area contributed by atoms with Crippen molar-refractivity contribution < 1.29 is 19.1 Å². The van der Waals surface area contributed by atoms with Crippen molar-refractivity contribution in [2.24, 2.45) is 5.73 Å². The molecule has 1 fully saturated rings. The molecule has 0 saturated carbocycles. The standard InChI is InChI=1S/C18H27N3O4/c1-3-10-21(14-6-8-20-9-7-14)18(23)13-4-5-15(16(11-13)24-2)25-12-17(19)22/h4-5,11,14,20H,3,6-10,12H2,1-2H3,(H2,19,22). The van der Waals surface area contributed by atoms with Crippen LogP contribution in [0, 0.1) is 0 Å². The van der Waals surface area contributed by atoms with Gasteiger partial charge in [0.25, 0.3) is 11.8 Å². The molecule has 138 valence electrons. The summed E-state index contributed by atoms with van der Waals surface area (Å²) < 4.78 is 10.6. The van der Waals surface area contributed by atoms with Gasteiger partial charge in [-0.15, -0.1) is 0 Å². The first kappa shape index (κ1) is 19.1. The number of nitrogens with two attached hydrogens (primary N) is 1. The van der Waals surface area contributed by atoms with E-state index in [0.717, 1.165) is 38.9 Å². The molecule has 2 amide bonds. The van der Waals surface area contributed by atoms with Gasteiger partial charge in [-0.25, -0.2) is 0 Å². The molecular weight excluding hydrogens is 322 g/mol. The summed E-state index contributed by atoms with van der Waals surface area (Å²) >= 11 is 0. The molecule has 0 radical (unpaired) electrons. The maximum absolute atomic E-state index is 13.0. The van der Waals surface area contributed by atoms with E-state index in [1.165, 1.54) is 7.11 Å². The molecule has 25 heavy (non-hydrogen) atoms. The molecule has 0 unspecified atom stereocenters. The van der Waals surface area contributed by atoms with Crippen LogP contribution in [0.25, 0.3) is 0 Å². The zero-order valence-electron chi connectivity index (χ0n) is 14.9. The first-order valence-electron chi connectivity index (χ1n) is 8.67. The maximum atomic E-state index is 13.0. The lowest BCUT2D eigenvalue weighted by atomic mass is 10.0. The minimum Gasteiger partial charge on any atom is -0.493 e. The molecule has 1 aliphatic heterocycles. The minimum absolute atomic E-state index is 0.00602. The third-order valence-electron chi connectivity index (χ3n) is 4.26. The molecule has 0 atom stereocenters. The van der Waals surface area contributed by atoms with Gasteiger partial charge >= 0.3 is 0 Å². The zero-order chi connectivity index (χ0) is 18.2. The second kappa shape index (κ2) is 9.27.